The van der Waals surface area contributed by atoms with Crippen LogP contribution in [0.5, 0.6) is 0 Å². The molecular weight excluding hydrogens is 357 g/mol. The van der Waals surface area contributed by atoms with Gasteiger partial charge in [0.05, 0.1) is 16.1 Å². The van der Waals surface area contributed by atoms with E-state index in [1.807, 2.05) is 24.3 Å². The Bertz CT molecular complexity index is 613. The highest BCUT2D eigenvalue weighted by atomic mass is 79.9. The Morgan fingerprint density at radius 2 is 1.90 bits per heavy atom. The predicted octanol–water partition coefficient (Wildman–Crippen LogP) is 5.76. The third-order valence-corrected chi connectivity index (χ3v) is 4.90. The molecule has 1 nitrogen and oxygen atoms in total. The second kappa shape index (κ2) is 6.95. The van der Waals surface area contributed by atoms with Gasteiger partial charge in [0.15, 0.2) is 0 Å². The molecular formula is C16H16BrCl2N. The van der Waals surface area contributed by atoms with Crippen molar-refractivity contribution in [2.24, 2.45) is 0 Å². The summed E-state index contributed by atoms with van der Waals surface area (Å²) in [6.45, 7) is 5.08. The molecule has 1 N–H and O–H groups in total. The minimum Gasteiger partial charge on any atom is -0.307 e. The number of benzene rings is 2. The highest BCUT2D eigenvalue weighted by Gasteiger charge is 2.17. The molecule has 1 atom stereocenters. The van der Waals surface area contributed by atoms with Crippen molar-refractivity contribution in [1.82, 2.24) is 5.32 Å². The molecule has 0 aliphatic carbocycles. The van der Waals surface area contributed by atoms with E-state index >= 15 is 0 Å². The van der Waals surface area contributed by atoms with E-state index in [9.17, 15) is 0 Å². The maximum atomic E-state index is 6.15. The van der Waals surface area contributed by atoms with Crippen LogP contribution in [-0.2, 0) is 0 Å². The standard InChI is InChI=1S/C16H16BrCl2N/c1-3-20-16(11-7-8-14(18)15(19)9-11)12-5-4-6-13(17)10(12)2/h4-9,16,20H,3H2,1-2H3. The summed E-state index contributed by atoms with van der Waals surface area (Å²) in [6.07, 6.45) is 0. The average Bonchev–Trinajstić information content (AvgIpc) is 2.43. The molecule has 4 heteroatoms. The fraction of sp³-hybridized carbons (Fsp3) is 0.250. The van der Waals surface area contributed by atoms with E-state index in [0.29, 0.717) is 10.0 Å². The lowest BCUT2D eigenvalue weighted by molar-refractivity contribution is 0.627. The van der Waals surface area contributed by atoms with Gasteiger partial charge in [0.2, 0.25) is 0 Å². The van der Waals surface area contributed by atoms with E-state index in [4.69, 9.17) is 23.2 Å². The van der Waals surface area contributed by atoms with Crippen LogP contribution in [0.3, 0.4) is 0 Å². The molecule has 0 spiro atoms. The van der Waals surface area contributed by atoms with Gasteiger partial charge in [-0.3, -0.25) is 0 Å². The van der Waals surface area contributed by atoms with E-state index in [0.717, 1.165) is 16.6 Å². The van der Waals surface area contributed by atoms with Gasteiger partial charge in [-0.15, -0.1) is 0 Å². The zero-order chi connectivity index (χ0) is 14.7. The summed E-state index contributed by atoms with van der Waals surface area (Å²) in [4.78, 5) is 0. The van der Waals surface area contributed by atoms with Gasteiger partial charge in [-0.2, -0.15) is 0 Å². The van der Waals surface area contributed by atoms with Crippen molar-refractivity contribution in [3.05, 3.63) is 67.6 Å². The SMILES string of the molecule is CCNC(c1ccc(Cl)c(Cl)c1)c1cccc(Br)c1C. The summed E-state index contributed by atoms with van der Waals surface area (Å²) >= 11 is 15.7. The van der Waals surface area contributed by atoms with Crippen LogP contribution in [0.25, 0.3) is 0 Å². The monoisotopic (exact) mass is 371 g/mol. The topological polar surface area (TPSA) is 12.0 Å². The molecule has 106 valence electrons. The zero-order valence-electron chi connectivity index (χ0n) is 11.4. The lowest BCUT2D eigenvalue weighted by Gasteiger charge is -2.22. The first kappa shape index (κ1) is 15.8. The third-order valence-electron chi connectivity index (χ3n) is 3.31. The van der Waals surface area contributed by atoms with Crippen LogP contribution < -0.4 is 5.32 Å². The van der Waals surface area contributed by atoms with Crippen molar-refractivity contribution in [2.45, 2.75) is 19.9 Å². The minimum atomic E-state index is 0.104. The molecule has 0 saturated heterocycles. The first-order valence-electron chi connectivity index (χ1n) is 6.48. The van der Waals surface area contributed by atoms with E-state index in [2.05, 4.69) is 47.2 Å². The number of halogens is 3. The molecule has 0 bridgehead atoms. The van der Waals surface area contributed by atoms with Gasteiger partial charge < -0.3 is 5.32 Å². The Hall–Kier alpha value is -0.540. The molecule has 0 amide bonds. The largest absolute Gasteiger partial charge is 0.307 e. The maximum absolute atomic E-state index is 6.15. The highest BCUT2D eigenvalue weighted by Crippen LogP contribution is 2.32. The van der Waals surface area contributed by atoms with Gasteiger partial charge in [-0.25, -0.2) is 0 Å². The highest BCUT2D eigenvalue weighted by molar-refractivity contribution is 9.10. The van der Waals surface area contributed by atoms with E-state index in [1.165, 1.54) is 11.1 Å². The number of nitrogens with one attached hydrogen (secondary N) is 1. The molecule has 0 fully saturated rings. The van der Waals surface area contributed by atoms with Gasteiger partial charge >= 0.3 is 0 Å². The third kappa shape index (κ3) is 3.37. The molecule has 0 aliphatic heterocycles. The Morgan fingerprint density at radius 1 is 1.15 bits per heavy atom. The number of hydrogen-bond acceptors (Lipinski definition) is 1. The van der Waals surface area contributed by atoms with Crippen LogP contribution >= 0.6 is 39.1 Å². The minimum absolute atomic E-state index is 0.104. The average molecular weight is 373 g/mol. The lowest BCUT2D eigenvalue weighted by atomic mass is 9.95. The predicted molar refractivity (Wildman–Crippen MR) is 90.9 cm³/mol. The number of hydrogen-bond donors (Lipinski definition) is 1. The van der Waals surface area contributed by atoms with Crippen LogP contribution in [-0.4, -0.2) is 6.54 Å². The fourth-order valence-electron chi connectivity index (χ4n) is 2.24. The van der Waals surface area contributed by atoms with Gasteiger partial charge in [0, 0.05) is 4.47 Å². The van der Waals surface area contributed by atoms with Gasteiger partial charge in [0.25, 0.3) is 0 Å². The Labute approximate surface area is 138 Å². The normalized spacial score (nSPS) is 12.4. The molecule has 20 heavy (non-hydrogen) atoms. The molecule has 0 aliphatic rings. The van der Waals surface area contributed by atoms with Gasteiger partial charge in [-0.1, -0.05) is 64.3 Å². The maximum Gasteiger partial charge on any atom is 0.0595 e. The molecule has 0 radical (unpaired) electrons. The van der Waals surface area contributed by atoms with E-state index in [1.54, 1.807) is 0 Å². The van der Waals surface area contributed by atoms with Crippen molar-refractivity contribution >= 4 is 39.1 Å². The van der Waals surface area contributed by atoms with Crippen molar-refractivity contribution in [3.8, 4) is 0 Å². The summed E-state index contributed by atoms with van der Waals surface area (Å²) in [6, 6.07) is 12.1. The van der Waals surface area contributed by atoms with Crippen molar-refractivity contribution in [1.29, 1.82) is 0 Å². The second-order valence-electron chi connectivity index (χ2n) is 4.62. The van der Waals surface area contributed by atoms with E-state index < -0.39 is 0 Å². The summed E-state index contributed by atoms with van der Waals surface area (Å²) in [5.74, 6) is 0. The van der Waals surface area contributed by atoms with Crippen LogP contribution in [0.2, 0.25) is 10.0 Å². The number of rotatable bonds is 4. The Morgan fingerprint density at radius 3 is 2.55 bits per heavy atom. The summed E-state index contributed by atoms with van der Waals surface area (Å²) < 4.78 is 1.11. The van der Waals surface area contributed by atoms with Crippen molar-refractivity contribution in [2.75, 3.05) is 6.54 Å². The quantitative estimate of drug-likeness (QED) is 0.718. The zero-order valence-corrected chi connectivity index (χ0v) is 14.5. The van der Waals surface area contributed by atoms with Gasteiger partial charge in [0.1, 0.15) is 0 Å². The Kier molecular flexibility index (Phi) is 5.50. The molecule has 1 unspecified atom stereocenters. The first-order chi connectivity index (χ1) is 9.54. The lowest BCUT2D eigenvalue weighted by Crippen LogP contribution is -2.22. The first-order valence-corrected chi connectivity index (χ1v) is 8.02. The summed E-state index contributed by atoms with van der Waals surface area (Å²) in [5, 5.41) is 4.67. The molecule has 0 heterocycles. The Balaban J connectivity index is 2.50. The van der Waals surface area contributed by atoms with Gasteiger partial charge in [-0.05, 0) is 48.4 Å². The smallest absolute Gasteiger partial charge is 0.0595 e. The molecule has 2 rings (SSSR count). The van der Waals surface area contributed by atoms with Crippen LogP contribution in [0.15, 0.2) is 40.9 Å². The molecule has 0 aromatic heterocycles. The molecule has 0 saturated carbocycles. The van der Waals surface area contributed by atoms with Crippen LogP contribution in [0, 0.1) is 6.92 Å². The second-order valence-corrected chi connectivity index (χ2v) is 6.29. The summed E-state index contributed by atoms with van der Waals surface area (Å²) in [7, 11) is 0. The fourth-order valence-corrected chi connectivity index (χ4v) is 2.93. The van der Waals surface area contributed by atoms with E-state index in [-0.39, 0.29) is 6.04 Å². The van der Waals surface area contributed by atoms with Crippen molar-refractivity contribution in [3.63, 3.8) is 0 Å². The summed E-state index contributed by atoms with van der Waals surface area (Å²) in [5.41, 5.74) is 3.58. The van der Waals surface area contributed by atoms with Crippen LogP contribution in [0.4, 0.5) is 0 Å². The molecule has 2 aromatic carbocycles. The molecule has 2 aromatic rings. The van der Waals surface area contributed by atoms with Crippen LogP contribution in [0.1, 0.15) is 29.7 Å². The van der Waals surface area contributed by atoms with Crippen molar-refractivity contribution < 1.29 is 0 Å².